The molecule has 1 aromatic rings. The smallest absolute Gasteiger partial charge is 0.337 e. The highest BCUT2D eigenvalue weighted by Gasteiger charge is 2.14. The SMILES string of the molecule is COCc1c(C(=O)O)ccn1CCF. The summed E-state index contributed by atoms with van der Waals surface area (Å²) in [7, 11) is 1.47. The molecule has 0 radical (unpaired) electrons. The zero-order chi connectivity index (χ0) is 10.6. The molecule has 1 heterocycles. The van der Waals surface area contributed by atoms with Crippen LogP contribution in [0.1, 0.15) is 16.1 Å². The van der Waals surface area contributed by atoms with Crippen LogP contribution in [0.15, 0.2) is 12.3 Å². The van der Waals surface area contributed by atoms with Gasteiger partial charge in [0.1, 0.15) is 6.67 Å². The Bertz CT molecular complexity index is 322. The molecule has 5 heteroatoms. The number of rotatable bonds is 5. The Kier molecular flexibility index (Phi) is 3.64. The lowest BCUT2D eigenvalue weighted by Crippen LogP contribution is -2.08. The van der Waals surface area contributed by atoms with Crippen LogP contribution in [0.5, 0.6) is 0 Å². The molecule has 0 saturated heterocycles. The molecule has 0 aromatic carbocycles. The number of halogens is 1. The van der Waals surface area contributed by atoms with Crippen molar-refractivity contribution >= 4 is 5.97 Å². The monoisotopic (exact) mass is 201 g/mol. The van der Waals surface area contributed by atoms with Crippen molar-refractivity contribution in [2.45, 2.75) is 13.2 Å². The maximum absolute atomic E-state index is 12.1. The Morgan fingerprint density at radius 2 is 2.43 bits per heavy atom. The number of ether oxygens (including phenoxy) is 1. The van der Waals surface area contributed by atoms with E-state index < -0.39 is 12.6 Å². The predicted octanol–water partition coefficient (Wildman–Crippen LogP) is 1.30. The minimum atomic E-state index is -1.02. The highest BCUT2D eigenvalue weighted by atomic mass is 19.1. The van der Waals surface area contributed by atoms with Crippen LogP contribution in [0, 0.1) is 0 Å². The molecule has 0 aliphatic carbocycles. The Morgan fingerprint density at radius 1 is 1.71 bits per heavy atom. The molecule has 4 nitrogen and oxygen atoms in total. The van der Waals surface area contributed by atoms with E-state index in [2.05, 4.69) is 0 Å². The molecule has 0 saturated carbocycles. The standard InChI is InChI=1S/C9H12FNO3/c1-14-6-8-7(9(12)13)2-4-11(8)5-3-10/h2,4H,3,5-6H2,1H3,(H,12,13). The maximum atomic E-state index is 12.1. The number of carbonyl (C=O) groups is 1. The second kappa shape index (κ2) is 4.76. The Balaban J connectivity index is 3.00. The van der Waals surface area contributed by atoms with E-state index in [0.717, 1.165) is 0 Å². The number of hydrogen-bond donors (Lipinski definition) is 1. The van der Waals surface area contributed by atoms with Crippen molar-refractivity contribution in [3.05, 3.63) is 23.5 Å². The quantitative estimate of drug-likeness (QED) is 0.781. The lowest BCUT2D eigenvalue weighted by Gasteiger charge is -2.06. The van der Waals surface area contributed by atoms with E-state index >= 15 is 0 Å². The predicted molar refractivity (Wildman–Crippen MR) is 48.1 cm³/mol. The van der Waals surface area contributed by atoms with Crippen LogP contribution in [0.25, 0.3) is 0 Å². The maximum Gasteiger partial charge on any atom is 0.337 e. The number of carboxylic acids is 1. The largest absolute Gasteiger partial charge is 0.478 e. The molecular weight excluding hydrogens is 189 g/mol. The van der Waals surface area contributed by atoms with Crippen LogP contribution in [-0.2, 0) is 17.9 Å². The van der Waals surface area contributed by atoms with E-state index in [1.165, 1.54) is 13.2 Å². The van der Waals surface area contributed by atoms with Crippen molar-refractivity contribution in [1.82, 2.24) is 4.57 Å². The normalized spacial score (nSPS) is 10.4. The molecule has 0 aliphatic heterocycles. The van der Waals surface area contributed by atoms with Crippen molar-refractivity contribution in [1.29, 1.82) is 0 Å². The van der Waals surface area contributed by atoms with Crippen LogP contribution in [0.3, 0.4) is 0 Å². The van der Waals surface area contributed by atoms with Crippen molar-refractivity contribution in [2.75, 3.05) is 13.8 Å². The molecule has 1 rings (SSSR count). The van der Waals surface area contributed by atoms with Crippen molar-refractivity contribution in [3.8, 4) is 0 Å². The minimum absolute atomic E-state index is 0.159. The van der Waals surface area contributed by atoms with E-state index in [4.69, 9.17) is 9.84 Å². The third-order valence-corrected chi connectivity index (χ3v) is 1.92. The average Bonchev–Trinajstić information content (AvgIpc) is 2.50. The fourth-order valence-electron chi connectivity index (χ4n) is 1.30. The molecule has 0 aliphatic rings. The van der Waals surface area contributed by atoms with Crippen LogP contribution in [-0.4, -0.2) is 29.4 Å². The topological polar surface area (TPSA) is 51.5 Å². The highest BCUT2D eigenvalue weighted by molar-refractivity contribution is 5.89. The summed E-state index contributed by atoms with van der Waals surface area (Å²) in [4.78, 5) is 10.8. The first kappa shape index (κ1) is 10.7. The van der Waals surface area contributed by atoms with Gasteiger partial charge in [0.2, 0.25) is 0 Å². The van der Waals surface area contributed by atoms with Crippen molar-refractivity contribution in [2.24, 2.45) is 0 Å². The Morgan fingerprint density at radius 3 is 2.93 bits per heavy atom. The number of aromatic nitrogens is 1. The van der Waals surface area contributed by atoms with Crippen LogP contribution < -0.4 is 0 Å². The van der Waals surface area contributed by atoms with E-state index in [0.29, 0.717) is 5.69 Å². The molecule has 0 atom stereocenters. The van der Waals surface area contributed by atoms with Crippen molar-refractivity contribution in [3.63, 3.8) is 0 Å². The van der Waals surface area contributed by atoms with Gasteiger partial charge >= 0.3 is 5.97 Å². The molecule has 14 heavy (non-hydrogen) atoms. The summed E-state index contributed by atoms with van der Waals surface area (Å²) in [5, 5.41) is 8.81. The number of hydrogen-bond acceptors (Lipinski definition) is 2. The van der Waals surface area contributed by atoms with E-state index in [1.807, 2.05) is 0 Å². The van der Waals surface area contributed by atoms with Gasteiger partial charge in [-0.15, -0.1) is 0 Å². The summed E-state index contributed by atoms with van der Waals surface area (Å²) < 4.78 is 18.5. The van der Waals surface area contributed by atoms with E-state index in [-0.39, 0.29) is 18.7 Å². The van der Waals surface area contributed by atoms with Gasteiger partial charge in [-0.3, -0.25) is 0 Å². The zero-order valence-electron chi connectivity index (χ0n) is 7.86. The van der Waals surface area contributed by atoms with Gasteiger partial charge in [-0.1, -0.05) is 0 Å². The van der Waals surface area contributed by atoms with Gasteiger partial charge in [-0.25, -0.2) is 9.18 Å². The van der Waals surface area contributed by atoms with Crippen LogP contribution in [0.2, 0.25) is 0 Å². The summed E-state index contributed by atoms with van der Waals surface area (Å²) in [6.07, 6.45) is 1.55. The lowest BCUT2D eigenvalue weighted by molar-refractivity contribution is 0.0691. The number of methoxy groups -OCH3 is 1. The van der Waals surface area contributed by atoms with Gasteiger partial charge < -0.3 is 14.4 Å². The third-order valence-electron chi connectivity index (χ3n) is 1.92. The highest BCUT2D eigenvalue weighted by Crippen LogP contribution is 2.12. The van der Waals surface area contributed by atoms with Gasteiger partial charge in [0.15, 0.2) is 0 Å². The number of nitrogens with zero attached hydrogens (tertiary/aromatic N) is 1. The first-order valence-corrected chi connectivity index (χ1v) is 4.17. The summed E-state index contributed by atoms with van der Waals surface area (Å²) in [5.41, 5.74) is 0.665. The Labute approximate surface area is 80.9 Å². The summed E-state index contributed by atoms with van der Waals surface area (Å²) in [5.74, 6) is -1.02. The van der Waals surface area contributed by atoms with E-state index in [9.17, 15) is 9.18 Å². The molecule has 0 amide bonds. The number of alkyl halides is 1. The van der Waals surface area contributed by atoms with Crippen LogP contribution >= 0.6 is 0 Å². The fourth-order valence-corrected chi connectivity index (χ4v) is 1.30. The molecule has 0 bridgehead atoms. The zero-order valence-corrected chi connectivity index (χ0v) is 7.86. The molecule has 0 fully saturated rings. The first-order valence-electron chi connectivity index (χ1n) is 4.17. The molecule has 0 unspecified atom stereocenters. The van der Waals surface area contributed by atoms with Gasteiger partial charge in [-0.05, 0) is 6.07 Å². The fraction of sp³-hybridized carbons (Fsp3) is 0.444. The lowest BCUT2D eigenvalue weighted by atomic mass is 10.2. The van der Waals surface area contributed by atoms with Gasteiger partial charge in [0.25, 0.3) is 0 Å². The second-order valence-corrected chi connectivity index (χ2v) is 2.80. The van der Waals surface area contributed by atoms with Crippen molar-refractivity contribution < 1.29 is 19.0 Å². The molecule has 1 aromatic heterocycles. The summed E-state index contributed by atoms with van der Waals surface area (Å²) >= 11 is 0. The average molecular weight is 201 g/mol. The van der Waals surface area contributed by atoms with Gasteiger partial charge in [0.05, 0.1) is 24.4 Å². The summed E-state index contributed by atoms with van der Waals surface area (Å²) in [6, 6.07) is 1.45. The third kappa shape index (κ3) is 2.11. The molecule has 78 valence electrons. The number of aryl methyl sites for hydroxylation is 1. The Hall–Kier alpha value is -1.36. The molecule has 0 spiro atoms. The van der Waals surface area contributed by atoms with E-state index in [1.54, 1.807) is 10.8 Å². The molecule has 1 N–H and O–H groups in total. The summed E-state index contributed by atoms with van der Waals surface area (Å²) in [6.45, 7) is -0.189. The number of carboxylic acid groups (broad SMARTS) is 1. The minimum Gasteiger partial charge on any atom is -0.478 e. The second-order valence-electron chi connectivity index (χ2n) is 2.80. The van der Waals surface area contributed by atoms with Gasteiger partial charge in [0, 0.05) is 13.3 Å². The van der Waals surface area contributed by atoms with Crippen LogP contribution in [0.4, 0.5) is 4.39 Å². The molecular formula is C9H12FNO3. The number of aromatic carboxylic acids is 1. The van der Waals surface area contributed by atoms with Gasteiger partial charge in [-0.2, -0.15) is 0 Å². The first-order chi connectivity index (χ1) is 6.70.